The zero-order valence-corrected chi connectivity index (χ0v) is 14.4. The van der Waals surface area contributed by atoms with Gasteiger partial charge in [0.05, 0.1) is 6.20 Å². The lowest BCUT2D eigenvalue weighted by atomic mass is 10.1. The van der Waals surface area contributed by atoms with E-state index in [1.807, 2.05) is 53.2 Å². The molecule has 1 aliphatic rings. The van der Waals surface area contributed by atoms with Crippen LogP contribution in [0, 0.1) is 0 Å². The molecule has 5 heteroatoms. The van der Waals surface area contributed by atoms with E-state index in [1.165, 1.54) is 11.3 Å². The number of fused-ring (bicyclic) bond motifs is 1. The lowest BCUT2D eigenvalue weighted by Gasteiger charge is -2.19. The molecule has 4 rings (SSSR count). The van der Waals surface area contributed by atoms with Gasteiger partial charge in [0, 0.05) is 43.5 Å². The predicted octanol–water partition coefficient (Wildman–Crippen LogP) is 2.93. The number of amides is 1. The molecule has 1 aromatic carbocycles. The summed E-state index contributed by atoms with van der Waals surface area (Å²) in [5, 5.41) is 4.33. The van der Waals surface area contributed by atoms with Gasteiger partial charge >= 0.3 is 0 Å². The van der Waals surface area contributed by atoms with Gasteiger partial charge in [-0.15, -0.1) is 0 Å². The minimum Gasteiger partial charge on any atom is -0.354 e. The largest absolute Gasteiger partial charge is 0.354 e. The number of aromatic amines is 1. The van der Waals surface area contributed by atoms with Crippen LogP contribution in [0.15, 0.2) is 48.7 Å². The van der Waals surface area contributed by atoms with Crippen LogP contribution >= 0.6 is 0 Å². The molecule has 0 saturated carbocycles. The molecule has 1 N–H and O–H groups in total. The summed E-state index contributed by atoms with van der Waals surface area (Å²) in [4.78, 5) is 18.1. The molecule has 25 heavy (non-hydrogen) atoms. The van der Waals surface area contributed by atoms with Crippen LogP contribution < -0.4 is 0 Å². The normalized spacial score (nSPS) is 14.2. The summed E-state index contributed by atoms with van der Waals surface area (Å²) in [5.74, 6) is 0.0658. The van der Waals surface area contributed by atoms with E-state index in [1.54, 1.807) is 0 Å². The van der Waals surface area contributed by atoms with Crippen molar-refractivity contribution < 1.29 is 4.79 Å². The highest BCUT2D eigenvalue weighted by Gasteiger charge is 2.23. The Morgan fingerprint density at radius 1 is 1.20 bits per heavy atom. The van der Waals surface area contributed by atoms with Crippen LogP contribution in [0.3, 0.4) is 0 Å². The maximum atomic E-state index is 12.9. The van der Waals surface area contributed by atoms with E-state index in [0.29, 0.717) is 12.2 Å². The first-order valence-corrected chi connectivity index (χ1v) is 8.71. The third-order valence-electron chi connectivity index (χ3n) is 4.85. The molecule has 5 nitrogen and oxygen atoms in total. The average Bonchev–Trinajstić information content (AvgIpc) is 3.15. The van der Waals surface area contributed by atoms with Crippen molar-refractivity contribution in [1.82, 2.24) is 19.7 Å². The Bertz CT molecular complexity index is 878. The molecular formula is C20H22N4O. The fraction of sp³-hybridized carbons (Fsp3) is 0.300. The van der Waals surface area contributed by atoms with Crippen LogP contribution in [-0.4, -0.2) is 32.1 Å². The number of benzene rings is 1. The van der Waals surface area contributed by atoms with E-state index in [4.69, 9.17) is 0 Å². The molecule has 3 heterocycles. The minimum absolute atomic E-state index is 0.0658. The number of aryl methyl sites for hydroxylation is 1. The van der Waals surface area contributed by atoms with Crippen molar-refractivity contribution in [3.05, 3.63) is 76.9 Å². The van der Waals surface area contributed by atoms with Crippen molar-refractivity contribution in [2.75, 3.05) is 6.54 Å². The molecule has 1 aliphatic heterocycles. The van der Waals surface area contributed by atoms with Gasteiger partial charge in [0.25, 0.3) is 5.91 Å². The van der Waals surface area contributed by atoms with Crippen molar-refractivity contribution >= 4 is 5.91 Å². The first-order chi connectivity index (χ1) is 12.2. The van der Waals surface area contributed by atoms with Crippen molar-refractivity contribution in [2.24, 2.45) is 7.05 Å². The van der Waals surface area contributed by atoms with E-state index in [-0.39, 0.29) is 5.91 Å². The van der Waals surface area contributed by atoms with Crippen LogP contribution in [-0.2, 0) is 26.4 Å². The van der Waals surface area contributed by atoms with Crippen molar-refractivity contribution in [3.8, 4) is 0 Å². The number of aromatic nitrogens is 3. The van der Waals surface area contributed by atoms with Crippen LogP contribution in [0.1, 0.15) is 39.4 Å². The first kappa shape index (κ1) is 15.7. The summed E-state index contributed by atoms with van der Waals surface area (Å²) in [7, 11) is 1.97. The third-order valence-corrected chi connectivity index (χ3v) is 4.85. The second kappa shape index (κ2) is 6.59. The number of carbonyl (C=O) groups excluding carboxylic acids is 1. The van der Waals surface area contributed by atoms with E-state index >= 15 is 0 Å². The van der Waals surface area contributed by atoms with Crippen LogP contribution in [0.2, 0.25) is 0 Å². The lowest BCUT2D eigenvalue weighted by molar-refractivity contribution is 0.0740. The summed E-state index contributed by atoms with van der Waals surface area (Å²) < 4.78 is 1.93. The van der Waals surface area contributed by atoms with Gasteiger partial charge in [-0.2, -0.15) is 5.10 Å². The summed E-state index contributed by atoms with van der Waals surface area (Å²) in [6.45, 7) is 1.41. The van der Waals surface area contributed by atoms with E-state index in [0.717, 1.165) is 37.1 Å². The van der Waals surface area contributed by atoms with Gasteiger partial charge in [-0.25, -0.2) is 0 Å². The Morgan fingerprint density at radius 3 is 2.88 bits per heavy atom. The molecule has 2 aromatic heterocycles. The molecule has 0 atom stereocenters. The molecule has 0 fully saturated rings. The smallest absolute Gasteiger partial charge is 0.270 e. The second-order valence-corrected chi connectivity index (χ2v) is 6.63. The number of nitrogens with one attached hydrogen (secondary N) is 1. The monoisotopic (exact) mass is 334 g/mol. The highest BCUT2D eigenvalue weighted by atomic mass is 16.2. The molecule has 0 radical (unpaired) electrons. The number of hydrogen-bond donors (Lipinski definition) is 1. The Kier molecular flexibility index (Phi) is 4.14. The molecule has 128 valence electrons. The topological polar surface area (TPSA) is 53.9 Å². The molecule has 0 spiro atoms. The molecule has 0 aliphatic carbocycles. The van der Waals surface area contributed by atoms with E-state index < -0.39 is 0 Å². The standard InChI is InChI=1S/C20H22N4O/c1-23-19-8-5-11-24(14-16(19)13-21-23)20(25)18-10-9-17(22-18)12-15-6-3-2-4-7-15/h2-4,6-7,9-10,13,22H,5,8,11-12,14H2,1H3. The zero-order valence-electron chi connectivity index (χ0n) is 14.4. The average molecular weight is 334 g/mol. The number of H-pyrrole nitrogens is 1. The Balaban J connectivity index is 1.49. The highest BCUT2D eigenvalue weighted by Crippen LogP contribution is 2.20. The lowest BCUT2D eigenvalue weighted by Crippen LogP contribution is -2.30. The van der Waals surface area contributed by atoms with Gasteiger partial charge in [-0.1, -0.05) is 30.3 Å². The fourth-order valence-electron chi connectivity index (χ4n) is 3.51. The molecule has 0 bridgehead atoms. The molecule has 3 aromatic rings. The fourth-order valence-corrected chi connectivity index (χ4v) is 3.51. The maximum absolute atomic E-state index is 12.9. The summed E-state index contributed by atoms with van der Waals surface area (Å²) >= 11 is 0. The summed E-state index contributed by atoms with van der Waals surface area (Å²) in [6, 6.07) is 14.2. The number of rotatable bonds is 3. The van der Waals surface area contributed by atoms with Gasteiger partial charge in [-0.05, 0) is 30.5 Å². The van der Waals surface area contributed by atoms with Crippen molar-refractivity contribution in [1.29, 1.82) is 0 Å². The first-order valence-electron chi connectivity index (χ1n) is 8.71. The van der Waals surface area contributed by atoms with Gasteiger partial charge < -0.3 is 9.88 Å². The third kappa shape index (κ3) is 3.22. The van der Waals surface area contributed by atoms with Gasteiger partial charge in [0.1, 0.15) is 5.69 Å². The van der Waals surface area contributed by atoms with Crippen LogP contribution in [0.5, 0.6) is 0 Å². The van der Waals surface area contributed by atoms with Gasteiger partial charge in [0.15, 0.2) is 0 Å². The molecule has 0 saturated heterocycles. The zero-order chi connectivity index (χ0) is 17.2. The minimum atomic E-state index is 0.0658. The number of hydrogen-bond acceptors (Lipinski definition) is 2. The van der Waals surface area contributed by atoms with E-state index in [9.17, 15) is 4.79 Å². The molecule has 0 unspecified atom stereocenters. The van der Waals surface area contributed by atoms with Crippen LogP contribution in [0.4, 0.5) is 0 Å². The summed E-state index contributed by atoms with van der Waals surface area (Å²) in [6.07, 6.45) is 4.63. The summed E-state index contributed by atoms with van der Waals surface area (Å²) in [5.41, 5.74) is 5.36. The predicted molar refractivity (Wildman–Crippen MR) is 96.3 cm³/mol. The maximum Gasteiger partial charge on any atom is 0.270 e. The van der Waals surface area contributed by atoms with Gasteiger partial charge in [-0.3, -0.25) is 9.48 Å². The Hall–Kier alpha value is -2.82. The number of carbonyl (C=O) groups is 1. The van der Waals surface area contributed by atoms with Crippen LogP contribution in [0.25, 0.3) is 0 Å². The molecule has 1 amide bonds. The van der Waals surface area contributed by atoms with Crippen molar-refractivity contribution in [2.45, 2.75) is 25.8 Å². The number of nitrogens with zero attached hydrogens (tertiary/aromatic N) is 3. The van der Waals surface area contributed by atoms with Gasteiger partial charge in [0.2, 0.25) is 0 Å². The Morgan fingerprint density at radius 2 is 2.04 bits per heavy atom. The highest BCUT2D eigenvalue weighted by molar-refractivity contribution is 5.92. The Labute approximate surface area is 147 Å². The second-order valence-electron chi connectivity index (χ2n) is 6.63. The van der Waals surface area contributed by atoms with E-state index in [2.05, 4.69) is 22.2 Å². The SMILES string of the molecule is Cn1ncc2c1CCCN(C(=O)c1ccc(Cc3ccccc3)[nH]1)C2. The van der Waals surface area contributed by atoms with Crippen molar-refractivity contribution in [3.63, 3.8) is 0 Å². The quantitative estimate of drug-likeness (QED) is 0.801. The molecular weight excluding hydrogens is 312 g/mol.